The molecule has 11 nitrogen and oxygen atoms in total. The highest BCUT2D eigenvalue weighted by molar-refractivity contribution is 7.86. The molecule has 0 radical (unpaired) electrons. The summed E-state index contributed by atoms with van der Waals surface area (Å²) in [4.78, 5) is 31.1. The fraction of sp³-hybridized carbons (Fsp3) is 0.680. The van der Waals surface area contributed by atoms with Gasteiger partial charge in [0.25, 0.3) is 10.2 Å². The third-order valence-corrected chi connectivity index (χ3v) is 9.95. The van der Waals surface area contributed by atoms with E-state index in [1.54, 1.807) is 23.1 Å². The second-order valence-corrected chi connectivity index (χ2v) is 13.3. The van der Waals surface area contributed by atoms with Crippen molar-refractivity contribution in [3.63, 3.8) is 0 Å². The lowest BCUT2D eigenvalue weighted by Gasteiger charge is -2.42. The number of urea groups is 1. The van der Waals surface area contributed by atoms with Crippen molar-refractivity contribution in [2.75, 3.05) is 84.4 Å². The van der Waals surface area contributed by atoms with Gasteiger partial charge in [0.15, 0.2) is 0 Å². The van der Waals surface area contributed by atoms with Crippen molar-refractivity contribution in [1.82, 2.24) is 23.3 Å². The number of methoxy groups -OCH3 is 1. The van der Waals surface area contributed by atoms with Crippen molar-refractivity contribution in [2.45, 2.75) is 26.7 Å². The molecule has 1 N–H and O–H groups in total. The largest absolute Gasteiger partial charge is 0.495 e. The number of rotatable bonds is 6. The molecule has 3 heterocycles. The number of piperidine rings is 1. The van der Waals surface area contributed by atoms with Crippen LogP contribution in [0.2, 0.25) is 5.02 Å². The summed E-state index contributed by atoms with van der Waals surface area (Å²) in [6.07, 6.45) is 1.96. The van der Waals surface area contributed by atoms with Crippen molar-refractivity contribution in [3.05, 3.63) is 23.2 Å². The quantitative estimate of drug-likeness (QED) is 0.561. The second kappa shape index (κ2) is 12.0. The Morgan fingerprint density at radius 3 is 2.05 bits per heavy atom. The van der Waals surface area contributed by atoms with Gasteiger partial charge in [-0.3, -0.25) is 9.69 Å². The molecule has 3 amide bonds. The molecule has 3 aliphatic heterocycles. The standard InChI is InChI=1S/C25H39ClN6O5S/c1-25(2)6-8-29(9-7-25)24(34)30-12-16-32(17-13-30)38(35,36)31-14-10-28(11-15-31)19-23(33)27-21-18-20(26)4-5-22(21)37-3/h4-5,18H,6-17,19H2,1-3H3,(H,27,33). The molecule has 3 saturated heterocycles. The maximum atomic E-state index is 13.3. The number of carbonyl (C=O) groups is 2. The minimum Gasteiger partial charge on any atom is -0.495 e. The molecule has 3 aliphatic rings. The first-order chi connectivity index (χ1) is 18.0. The number of hydrogen-bond donors (Lipinski definition) is 1. The highest BCUT2D eigenvalue weighted by Gasteiger charge is 2.37. The van der Waals surface area contributed by atoms with E-state index in [2.05, 4.69) is 19.2 Å². The van der Waals surface area contributed by atoms with Gasteiger partial charge in [0.05, 0.1) is 19.3 Å². The lowest BCUT2D eigenvalue weighted by Crippen LogP contribution is -2.59. The third kappa shape index (κ3) is 6.90. The summed E-state index contributed by atoms with van der Waals surface area (Å²) in [5, 5.41) is 3.30. The van der Waals surface area contributed by atoms with Crippen LogP contribution in [-0.4, -0.2) is 123 Å². The molecule has 3 fully saturated rings. The molecule has 212 valence electrons. The summed E-state index contributed by atoms with van der Waals surface area (Å²) in [6, 6.07) is 5.01. The number of nitrogens with zero attached hydrogens (tertiary/aromatic N) is 5. The molecule has 0 bridgehead atoms. The molecule has 0 aliphatic carbocycles. The van der Waals surface area contributed by atoms with Gasteiger partial charge in [0.2, 0.25) is 5.91 Å². The van der Waals surface area contributed by atoms with Gasteiger partial charge in [-0.25, -0.2) is 4.79 Å². The van der Waals surface area contributed by atoms with Crippen LogP contribution in [0.1, 0.15) is 26.7 Å². The molecule has 0 saturated carbocycles. The zero-order valence-electron chi connectivity index (χ0n) is 22.5. The van der Waals surface area contributed by atoms with Crippen LogP contribution in [0, 0.1) is 5.41 Å². The number of ether oxygens (including phenoxy) is 1. The summed E-state index contributed by atoms with van der Waals surface area (Å²) in [5.41, 5.74) is 0.758. The average Bonchev–Trinajstić information content (AvgIpc) is 2.89. The van der Waals surface area contributed by atoms with Crippen LogP contribution in [0.3, 0.4) is 0 Å². The van der Waals surface area contributed by atoms with E-state index >= 15 is 0 Å². The molecule has 0 unspecified atom stereocenters. The van der Waals surface area contributed by atoms with E-state index in [1.807, 2.05) is 9.80 Å². The molecule has 1 aromatic rings. The van der Waals surface area contributed by atoms with Crippen LogP contribution in [0.4, 0.5) is 10.5 Å². The predicted octanol–water partition coefficient (Wildman–Crippen LogP) is 2.01. The minimum absolute atomic E-state index is 0.0137. The number of benzene rings is 1. The van der Waals surface area contributed by atoms with E-state index in [1.165, 1.54) is 15.7 Å². The third-order valence-electron chi connectivity index (χ3n) is 7.68. The highest BCUT2D eigenvalue weighted by atomic mass is 35.5. The van der Waals surface area contributed by atoms with Crippen molar-refractivity contribution in [2.24, 2.45) is 5.41 Å². The monoisotopic (exact) mass is 570 g/mol. The van der Waals surface area contributed by atoms with Crippen molar-refractivity contribution in [1.29, 1.82) is 0 Å². The van der Waals surface area contributed by atoms with E-state index in [0.29, 0.717) is 55.7 Å². The Kier molecular flexibility index (Phi) is 9.08. The summed E-state index contributed by atoms with van der Waals surface area (Å²) in [6.45, 7) is 8.96. The zero-order chi connectivity index (χ0) is 27.5. The minimum atomic E-state index is -3.63. The van der Waals surface area contributed by atoms with Crippen LogP contribution in [0.25, 0.3) is 0 Å². The fourth-order valence-electron chi connectivity index (χ4n) is 5.07. The number of carbonyl (C=O) groups excluding carboxylic acids is 2. The number of amides is 3. The molecule has 13 heteroatoms. The van der Waals surface area contributed by atoms with Gasteiger partial charge in [-0.2, -0.15) is 17.0 Å². The Morgan fingerprint density at radius 2 is 1.47 bits per heavy atom. The topological polar surface area (TPSA) is 106 Å². The van der Waals surface area contributed by atoms with Gasteiger partial charge in [-0.05, 0) is 36.5 Å². The summed E-state index contributed by atoms with van der Waals surface area (Å²) < 4.78 is 34.8. The van der Waals surface area contributed by atoms with Crippen molar-refractivity contribution < 1.29 is 22.7 Å². The van der Waals surface area contributed by atoms with E-state index in [4.69, 9.17) is 16.3 Å². The van der Waals surface area contributed by atoms with E-state index in [9.17, 15) is 18.0 Å². The Bertz CT molecular complexity index is 1110. The Morgan fingerprint density at radius 1 is 0.921 bits per heavy atom. The summed E-state index contributed by atoms with van der Waals surface area (Å²) in [7, 11) is -2.11. The smallest absolute Gasteiger partial charge is 0.320 e. The zero-order valence-corrected chi connectivity index (χ0v) is 24.1. The van der Waals surface area contributed by atoms with Gasteiger partial charge in [0.1, 0.15) is 5.75 Å². The maximum absolute atomic E-state index is 13.3. The van der Waals surface area contributed by atoms with Gasteiger partial charge >= 0.3 is 6.03 Å². The Labute approximate surface area is 230 Å². The molecule has 4 rings (SSSR count). The SMILES string of the molecule is COc1ccc(Cl)cc1NC(=O)CN1CCN(S(=O)(=O)N2CCN(C(=O)N3CCC(C)(C)CC3)CC2)CC1. The normalized spacial score (nSPS) is 21.8. The first-order valence-electron chi connectivity index (χ1n) is 13.1. The molecular weight excluding hydrogens is 532 g/mol. The number of hydrogen-bond acceptors (Lipinski definition) is 6. The Hall–Kier alpha value is -2.12. The number of halogens is 1. The molecule has 0 spiro atoms. The van der Waals surface area contributed by atoms with E-state index in [-0.39, 0.29) is 37.0 Å². The first kappa shape index (κ1) is 28.9. The lowest BCUT2D eigenvalue weighted by atomic mass is 9.83. The number of likely N-dealkylation sites (tertiary alicyclic amines) is 1. The predicted molar refractivity (Wildman–Crippen MR) is 147 cm³/mol. The molecule has 1 aromatic carbocycles. The van der Waals surface area contributed by atoms with Gasteiger partial charge in [0, 0.05) is 70.5 Å². The summed E-state index contributed by atoms with van der Waals surface area (Å²) in [5.74, 6) is 0.292. The average molecular weight is 571 g/mol. The van der Waals surface area contributed by atoms with Crippen LogP contribution >= 0.6 is 11.6 Å². The van der Waals surface area contributed by atoms with Gasteiger partial charge in [-0.15, -0.1) is 0 Å². The fourth-order valence-corrected chi connectivity index (χ4v) is 6.81. The van der Waals surface area contributed by atoms with Crippen LogP contribution in [0.5, 0.6) is 5.75 Å². The number of anilines is 1. The maximum Gasteiger partial charge on any atom is 0.320 e. The Balaban J connectivity index is 1.23. The lowest BCUT2D eigenvalue weighted by molar-refractivity contribution is -0.117. The molecule has 38 heavy (non-hydrogen) atoms. The second-order valence-electron chi connectivity index (χ2n) is 10.9. The van der Waals surface area contributed by atoms with Crippen molar-refractivity contribution >= 4 is 39.4 Å². The van der Waals surface area contributed by atoms with Crippen LogP contribution < -0.4 is 10.1 Å². The molecular formula is C25H39ClN6O5S. The van der Waals surface area contributed by atoms with E-state index < -0.39 is 10.2 Å². The number of nitrogens with one attached hydrogen (secondary N) is 1. The van der Waals surface area contributed by atoms with Crippen LogP contribution in [-0.2, 0) is 15.0 Å². The van der Waals surface area contributed by atoms with E-state index in [0.717, 1.165) is 25.9 Å². The van der Waals surface area contributed by atoms with Crippen molar-refractivity contribution in [3.8, 4) is 5.75 Å². The van der Waals surface area contributed by atoms with Gasteiger partial charge in [-0.1, -0.05) is 25.4 Å². The summed E-state index contributed by atoms with van der Waals surface area (Å²) >= 11 is 6.04. The highest BCUT2D eigenvalue weighted by Crippen LogP contribution is 2.30. The van der Waals surface area contributed by atoms with Crippen LogP contribution in [0.15, 0.2) is 18.2 Å². The first-order valence-corrected chi connectivity index (χ1v) is 14.9. The molecule has 0 aromatic heterocycles. The molecule has 0 atom stereocenters. The number of piperazine rings is 2. The van der Waals surface area contributed by atoms with Gasteiger partial charge < -0.3 is 19.9 Å².